The van der Waals surface area contributed by atoms with E-state index in [2.05, 4.69) is 0 Å². The van der Waals surface area contributed by atoms with E-state index in [4.69, 9.17) is 17.0 Å². The van der Waals surface area contributed by atoms with Gasteiger partial charge in [0.15, 0.2) is 5.72 Å². The fourth-order valence-corrected chi connectivity index (χ4v) is 2.06. The lowest BCUT2D eigenvalue weighted by Crippen LogP contribution is -2.47. The first-order valence-electron chi connectivity index (χ1n) is 4.82. The van der Waals surface area contributed by atoms with Gasteiger partial charge in [0.1, 0.15) is 6.10 Å². The normalized spacial score (nSPS) is 30.5. The molecular weight excluding hydrogens is 210 g/mol. The Labute approximate surface area is 94.3 Å². The number of nitrogens with zero attached hydrogens (tertiary/aromatic N) is 1. The van der Waals surface area contributed by atoms with Gasteiger partial charge >= 0.3 is 0 Å². The summed E-state index contributed by atoms with van der Waals surface area (Å²) in [6.45, 7) is 3.50. The Balaban J connectivity index is 2.41. The molecule has 1 N–H and O–H groups in total. The van der Waals surface area contributed by atoms with Crippen LogP contribution >= 0.6 is 12.2 Å². The zero-order valence-electron chi connectivity index (χ0n) is 8.68. The van der Waals surface area contributed by atoms with Crippen molar-refractivity contribution in [2.75, 3.05) is 4.90 Å². The number of hydrogen-bond donors (Lipinski definition) is 1. The highest BCUT2D eigenvalue weighted by Gasteiger charge is 2.46. The maximum absolute atomic E-state index is 10.3. The summed E-state index contributed by atoms with van der Waals surface area (Å²) in [5.41, 5.74) is -0.241. The summed E-state index contributed by atoms with van der Waals surface area (Å²) in [6, 6.07) is 9.50. The Morgan fingerprint density at radius 1 is 1.40 bits per heavy atom. The number of thiocarbonyl (C=S) groups is 1. The number of ether oxygens (including phenoxy) is 1. The predicted octanol–water partition coefficient (Wildman–Crippen LogP) is 1.91. The molecule has 0 saturated carbocycles. The molecule has 1 aromatic rings. The largest absolute Gasteiger partial charge is 0.462 e. The molecule has 80 valence electrons. The van der Waals surface area contributed by atoms with Gasteiger partial charge in [0.25, 0.3) is 5.17 Å². The number of para-hydroxylation sites is 1. The van der Waals surface area contributed by atoms with Gasteiger partial charge < -0.3 is 9.84 Å². The van der Waals surface area contributed by atoms with Crippen molar-refractivity contribution in [1.29, 1.82) is 0 Å². The van der Waals surface area contributed by atoms with Gasteiger partial charge in [-0.2, -0.15) is 0 Å². The molecule has 0 bridgehead atoms. The van der Waals surface area contributed by atoms with Crippen molar-refractivity contribution in [3.8, 4) is 0 Å². The Hall–Kier alpha value is -1.13. The quantitative estimate of drug-likeness (QED) is 0.737. The maximum Gasteiger partial charge on any atom is 0.266 e. The van der Waals surface area contributed by atoms with Crippen LogP contribution in [0.1, 0.15) is 13.8 Å². The van der Waals surface area contributed by atoms with Gasteiger partial charge in [-0.25, -0.2) is 0 Å². The zero-order valence-corrected chi connectivity index (χ0v) is 9.49. The second-order valence-corrected chi connectivity index (χ2v) is 4.14. The minimum absolute atomic E-state index is 0.318. The van der Waals surface area contributed by atoms with Gasteiger partial charge in [0.2, 0.25) is 0 Å². The molecule has 0 unspecified atom stereocenters. The summed E-state index contributed by atoms with van der Waals surface area (Å²) in [4.78, 5) is 1.63. The first-order valence-corrected chi connectivity index (χ1v) is 5.22. The molecule has 0 spiro atoms. The van der Waals surface area contributed by atoms with Crippen LogP contribution in [-0.2, 0) is 4.74 Å². The number of benzene rings is 1. The molecule has 0 aliphatic carbocycles. The molecule has 3 nitrogen and oxygen atoms in total. The van der Waals surface area contributed by atoms with Crippen molar-refractivity contribution in [3.05, 3.63) is 30.3 Å². The Morgan fingerprint density at radius 3 is 2.47 bits per heavy atom. The zero-order chi connectivity index (χ0) is 11.1. The molecule has 1 aliphatic heterocycles. The van der Waals surface area contributed by atoms with Gasteiger partial charge in [-0.05, 0) is 38.2 Å². The molecule has 1 heterocycles. The minimum atomic E-state index is -1.08. The van der Waals surface area contributed by atoms with Gasteiger partial charge in [0, 0.05) is 5.69 Å². The van der Waals surface area contributed by atoms with E-state index in [9.17, 15) is 5.11 Å². The topological polar surface area (TPSA) is 32.7 Å². The molecule has 2 atom stereocenters. The second-order valence-electron chi connectivity index (χ2n) is 3.79. The van der Waals surface area contributed by atoms with Crippen LogP contribution in [0.2, 0.25) is 0 Å². The average Bonchev–Trinajstić information content (AvgIpc) is 2.37. The monoisotopic (exact) mass is 223 g/mol. The van der Waals surface area contributed by atoms with Crippen LogP contribution in [0.25, 0.3) is 0 Å². The maximum atomic E-state index is 10.3. The Bertz CT molecular complexity index is 377. The molecular formula is C11H13NO2S. The molecule has 0 radical (unpaired) electrons. The lowest BCUT2D eigenvalue weighted by Gasteiger charge is -2.30. The number of rotatable bonds is 1. The van der Waals surface area contributed by atoms with Crippen molar-refractivity contribution >= 4 is 23.1 Å². The fourth-order valence-electron chi connectivity index (χ4n) is 1.63. The molecule has 0 amide bonds. The van der Waals surface area contributed by atoms with E-state index in [-0.39, 0.29) is 6.10 Å². The first-order chi connectivity index (χ1) is 7.03. The predicted molar refractivity (Wildman–Crippen MR) is 62.7 cm³/mol. The van der Waals surface area contributed by atoms with Crippen molar-refractivity contribution < 1.29 is 9.84 Å². The molecule has 1 aliphatic rings. The van der Waals surface area contributed by atoms with E-state index in [1.807, 2.05) is 30.3 Å². The first kappa shape index (κ1) is 10.4. The van der Waals surface area contributed by atoms with Crippen molar-refractivity contribution in [3.63, 3.8) is 0 Å². The van der Waals surface area contributed by atoms with E-state index in [0.717, 1.165) is 5.69 Å². The van der Waals surface area contributed by atoms with E-state index >= 15 is 0 Å². The van der Waals surface area contributed by atoms with Crippen LogP contribution in [0.3, 0.4) is 0 Å². The Morgan fingerprint density at radius 2 is 2.00 bits per heavy atom. The van der Waals surface area contributed by atoms with Crippen LogP contribution in [0, 0.1) is 0 Å². The summed E-state index contributed by atoms with van der Waals surface area (Å²) in [7, 11) is 0. The van der Waals surface area contributed by atoms with Gasteiger partial charge in [-0.15, -0.1) is 0 Å². The summed E-state index contributed by atoms with van der Waals surface area (Å²) in [5, 5.41) is 10.6. The van der Waals surface area contributed by atoms with E-state index < -0.39 is 5.72 Å². The standard InChI is InChI=1S/C11H13NO2S/c1-8-11(2,13)12(10(15)14-8)9-6-4-3-5-7-9/h3-8,13H,1-2H3/t8-,11+/m0/s1. The third kappa shape index (κ3) is 1.60. The highest BCUT2D eigenvalue weighted by Crippen LogP contribution is 2.32. The smallest absolute Gasteiger partial charge is 0.266 e. The molecule has 1 aromatic carbocycles. The van der Waals surface area contributed by atoms with Gasteiger partial charge in [-0.1, -0.05) is 18.2 Å². The van der Waals surface area contributed by atoms with Gasteiger partial charge in [0.05, 0.1) is 0 Å². The van der Waals surface area contributed by atoms with Crippen LogP contribution in [0.5, 0.6) is 0 Å². The molecule has 1 saturated heterocycles. The summed E-state index contributed by atoms with van der Waals surface area (Å²) in [5.74, 6) is 0. The number of anilines is 1. The lowest BCUT2D eigenvalue weighted by atomic mass is 10.1. The fraction of sp³-hybridized carbons (Fsp3) is 0.364. The summed E-state index contributed by atoms with van der Waals surface area (Å²) < 4.78 is 5.35. The van der Waals surface area contributed by atoms with Crippen LogP contribution in [-0.4, -0.2) is 22.1 Å². The molecule has 1 fully saturated rings. The van der Waals surface area contributed by atoms with Crippen LogP contribution in [0.15, 0.2) is 30.3 Å². The van der Waals surface area contributed by atoms with Gasteiger partial charge in [-0.3, -0.25) is 4.90 Å². The molecule has 15 heavy (non-hydrogen) atoms. The van der Waals surface area contributed by atoms with Crippen molar-refractivity contribution in [1.82, 2.24) is 0 Å². The third-order valence-electron chi connectivity index (χ3n) is 2.70. The second kappa shape index (κ2) is 3.47. The highest BCUT2D eigenvalue weighted by atomic mass is 32.1. The molecule has 4 heteroatoms. The molecule has 2 rings (SSSR count). The lowest BCUT2D eigenvalue weighted by molar-refractivity contribution is -0.000876. The highest BCUT2D eigenvalue weighted by molar-refractivity contribution is 7.80. The van der Waals surface area contributed by atoms with E-state index in [1.54, 1.807) is 18.7 Å². The summed E-state index contributed by atoms with van der Waals surface area (Å²) in [6.07, 6.45) is -0.329. The number of aliphatic hydroxyl groups is 1. The average molecular weight is 223 g/mol. The minimum Gasteiger partial charge on any atom is -0.462 e. The molecule has 0 aromatic heterocycles. The van der Waals surface area contributed by atoms with Crippen LogP contribution < -0.4 is 4.90 Å². The van der Waals surface area contributed by atoms with E-state index in [1.165, 1.54) is 0 Å². The van der Waals surface area contributed by atoms with Crippen LogP contribution in [0.4, 0.5) is 5.69 Å². The SMILES string of the molecule is C[C@@H]1OC(=S)N(c2ccccc2)[C@]1(C)O. The van der Waals surface area contributed by atoms with Crippen molar-refractivity contribution in [2.45, 2.75) is 25.7 Å². The number of hydrogen-bond acceptors (Lipinski definition) is 3. The Kier molecular flexibility index (Phi) is 2.40. The summed E-state index contributed by atoms with van der Waals surface area (Å²) >= 11 is 5.09. The van der Waals surface area contributed by atoms with Crippen molar-refractivity contribution in [2.24, 2.45) is 0 Å². The van der Waals surface area contributed by atoms with E-state index in [0.29, 0.717) is 5.17 Å². The third-order valence-corrected chi connectivity index (χ3v) is 2.98.